The second-order valence-electron chi connectivity index (χ2n) is 5.38. The summed E-state index contributed by atoms with van der Waals surface area (Å²) >= 11 is 1.76. The lowest BCUT2D eigenvalue weighted by atomic mass is 9.99. The van der Waals surface area contributed by atoms with E-state index in [0.717, 1.165) is 18.5 Å². The summed E-state index contributed by atoms with van der Waals surface area (Å²) in [6, 6.07) is 13.4. The van der Waals surface area contributed by atoms with E-state index >= 15 is 0 Å². The summed E-state index contributed by atoms with van der Waals surface area (Å²) in [6.07, 6.45) is 3.01. The number of rotatable bonds is 5. The monoisotopic (exact) mass is 296 g/mol. The van der Waals surface area contributed by atoms with Crippen LogP contribution in [-0.2, 0) is 6.42 Å². The Bertz CT molecular complexity index is 733. The molecule has 0 fully saturated rings. The molecule has 108 valence electrons. The highest BCUT2D eigenvalue weighted by atomic mass is 32.1. The minimum absolute atomic E-state index is 0.316. The molecule has 3 heteroatoms. The van der Waals surface area contributed by atoms with Crippen molar-refractivity contribution in [2.45, 2.75) is 26.3 Å². The van der Waals surface area contributed by atoms with Gasteiger partial charge in [0, 0.05) is 12.2 Å². The van der Waals surface area contributed by atoms with Gasteiger partial charge in [-0.2, -0.15) is 0 Å². The molecule has 0 aliphatic carbocycles. The molecule has 0 aliphatic rings. The molecule has 0 aliphatic heterocycles. The van der Waals surface area contributed by atoms with Crippen LogP contribution in [0.3, 0.4) is 0 Å². The lowest BCUT2D eigenvalue weighted by molar-refractivity contribution is 0.549. The highest BCUT2D eigenvalue weighted by Crippen LogP contribution is 2.25. The van der Waals surface area contributed by atoms with Crippen LogP contribution in [0, 0.1) is 6.92 Å². The lowest BCUT2D eigenvalue weighted by Crippen LogP contribution is -2.23. The standard InChI is InChI=1S/C18H20N2S/c1-3-19-17(10-14-6-4-5-13(2)9-14)15-11-18-16(20-12-15)7-8-21-18/h4-9,11-12,17,19H,3,10H2,1-2H3. The molecule has 2 heterocycles. The molecule has 2 nitrogen and oxygen atoms in total. The molecule has 21 heavy (non-hydrogen) atoms. The Morgan fingerprint density at radius 2 is 2.14 bits per heavy atom. The van der Waals surface area contributed by atoms with Crippen LogP contribution in [0.1, 0.15) is 29.7 Å². The maximum absolute atomic E-state index is 4.57. The van der Waals surface area contributed by atoms with Crippen LogP contribution in [0.2, 0.25) is 0 Å². The van der Waals surface area contributed by atoms with Crippen LogP contribution < -0.4 is 5.32 Å². The van der Waals surface area contributed by atoms with Gasteiger partial charge in [-0.25, -0.2) is 0 Å². The quantitative estimate of drug-likeness (QED) is 0.750. The Labute approximate surface area is 129 Å². The largest absolute Gasteiger partial charge is 0.310 e. The molecule has 2 aromatic heterocycles. The van der Waals surface area contributed by atoms with Gasteiger partial charge < -0.3 is 5.32 Å². The highest BCUT2D eigenvalue weighted by Gasteiger charge is 2.13. The van der Waals surface area contributed by atoms with Gasteiger partial charge >= 0.3 is 0 Å². The van der Waals surface area contributed by atoms with Gasteiger partial charge in [0.05, 0.1) is 10.2 Å². The number of aryl methyl sites for hydroxylation is 1. The number of hydrogen-bond acceptors (Lipinski definition) is 3. The van der Waals surface area contributed by atoms with Gasteiger partial charge in [0.1, 0.15) is 0 Å². The third-order valence-corrected chi connectivity index (χ3v) is 4.55. The summed E-state index contributed by atoms with van der Waals surface area (Å²) in [7, 11) is 0. The Kier molecular flexibility index (Phi) is 4.32. The van der Waals surface area contributed by atoms with E-state index in [0.29, 0.717) is 6.04 Å². The molecule has 0 spiro atoms. The fraction of sp³-hybridized carbons (Fsp3) is 0.278. The van der Waals surface area contributed by atoms with E-state index in [1.165, 1.54) is 21.4 Å². The van der Waals surface area contributed by atoms with Gasteiger partial charge in [-0.3, -0.25) is 4.98 Å². The molecule has 1 atom stereocenters. The average molecular weight is 296 g/mol. The van der Waals surface area contributed by atoms with E-state index in [-0.39, 0.29) is 0 Å². The van der Waals surface area contributed by atoms with Crippen LogP contribution in [0.4, 0.5) is 0 Å². The predicted molar refractivity (Wildman–Crippen MR) is 90.9 cm³/mol. The number of likely N-dealkylation sites (N-methyl/N-ethyl adjacent to an activating group) is 1. The maximum Gasteiger partial charge on any atom is 0.0809 e. The topological polar surface area (TPSA) is 24.9 Å². The maximum atomic E-state index is 4.57. The van der Waals surface area contributed by atoms with Crippen molar-refractivity contribution in [1.82, 2.24) is 10.3 Å². The zero-order chi connectivity index (χ0) is 14.7. The smallest absolute Gasteiger partial charge is 0.0809 e. The van der Waals surface area contributed by atoms with Crippen molar-refractivity contribution in [3.05, 3.63) is 64.7 Å². The SMILES string of the molecule is CCNC(Cc1cccc(C)c1)c1cnc2ccsc2c1. The third-order valence-electron chi connectivity index (χ3n) is 3.70. The molecule has 0 bridgehead atoms. The fourth-order valence-electron chi connectivity index (χ4n) is 2.68. The summed E-state index contributed by atoms with van der Waals surface area (Å²) in [4.78, 5) is 4.57. The fourth-order valence-corrected chi connectivity index (χ4v) is 3.47. The first-order valence-corrected chi connectivity index (χ1v) is 8.26. The van der Waals surface area contributed by atoms with Crippen molar-refractivity contribution in [2.24, 2.45) is 0 Å². The van der Waals surface area contributed by atoms with E-state index in [4.69, 9.17) is 0 Å². The highest BCUT2D eigenvalue weighted by molar-refractivity contribution is 7.17. The number of thiophene rings is 1. The van der Waals surface area contributed by atoms with Crippen LogP contribution in [0.25, 0.3) is 10.2 Å². The molecule has 3 aromatic rings. The molecule has 0 amide bonds. The molecular weight excluding hydrogens is 276 g/mol. The average Bonchev–Trinajstić information content (AvgIpc) is 2.94. The molecule has 0 saturated heterocycles. The number of hydrogen-bond donors (Lipinski definition) is 1. The second kappa shape index (κ2) is 6.37. The molecule has 3 rings (SSSR count). The Morgan fingerprint density at radius 3 is 2.95 bits per heavy atom. The van der Waals surface area contributed by atoms with Crippen LogP contribution in [0.5, 0.6) is 0 Å². The van der Waals surface area contributed by atoms with E-state index in [2.05, 4.69) is 65.9 Å². The van der Waals surface area contributed by atoms with Crippen LogP contribution in [0.15, 0.2) is 48.0 Å². The van der Waals surface area contributed by atoms with Gasteiger partial charge in [0.2, 0.25) is 0 Å². The van der Waals surface area contributed by atoms with Crippen molar-refractivity contribution in [3.63, 3.8) is 0 Å². The number of nitrogens with zero attached hydrogens (tertiary/aromatic N) is 1. The molecule has 1 N–H and O–H groups in total. The van der Waals surface area contributed by atoms with Crippen molar-refractivity contribution in [1.29, 1.82) is 0 Å². The van der Waals surface area contributed by atoms with Crippen LogP contribution >= 0.6 is 11.3 Å². The zero-order valence-electron chi connectivity index (χ0n) is 12.5. The minimum Gasteiger partial charge on any atom is -0.310 e. The summed E-state index contributed by atoms with van der Waals surface area (Å²) in [5.41, 5.74) is 5.05. The normalized spacial score (nSPS) is 12.7. The van der Waals surface area contributed by atoms with Crippen molar-refractivity contribution in [2.75, 3.05) is 6.54 Å². The molecule has 0 saturated carbocycles. The van der Waals surface area contributed by atoms with Gasteiger partial charge in [-0.05, 0) is 48.5 Å². The Morgan fingerprint density at radius 1 is 1.24 bits per heavy atom. The van der Waals surface area contributed by atoms with E-state index < -0.39 is 0 Å². The van der Waals surface area contributed by atoms with Gasteiger partial charge in [0.15, 0.2) is 0 Å². The van der Waals surface area contributed by atoms with Crippen LogP contribution in [-0.4, -0.2) is 11.5 Å². The predicted octanol–water partition coefficient (Wildman–Crippen LogP) is 4.50. The van der Waals surface area contributed by atoms with E-state index in [1.807, 2.05) is 6.20 Å². The summed E-state index contributed by atoms with van der Waals surface area (Å²) < 4.78 is 1.26. The number of pyridine rings is 1. The van der Waals surface area contributed by atoms with E-state index in [1.54, 1.807) is 11.3 Å². The summed E-state index contributed by atoms with van der Waals surface area (Å²) in [6.45, 7) is 5.25. The second-order valence-corrected chi connectivity index (χ2v) is 6.32. The summed E-state index contributed by atoms with van der Waals surface area (Å²) in [5, 5.41) is 5.69. The summed E-state index contributed by atoms with van der Waals surface area (Å²) in [5.74, 6) is 0. The molecule has 1 unspecified atom stereocenters. The third kappa shape index (κ3) is 3.31. The van der Waals surface area contributed by atoms with Gasteiger partial charge in [0.25, 0.3) is 0 Å². The number of benzene rings is 1. The van der Waals surface area contributed by atoms with Gasteiger partial charge in [-0.15, -0.1) is 11.3 Å². The van der Waals surface area contributed by atoms with Gasteiger partial charge in [-0.1, -0.05) is 36.8 Å². The number of nitrogens with one attached hydrogen (secondary N) is 1. The van der Waals surface area contributed by atoms with E-state index in [9.17, 15) is 0 Å². The molecule has 1 aromatic carbocycles. The Hall–Kier alpha value is -1.71. The number of aromatic nitrogens is 1. The Balaban J connectivity index is 1.89. The lowest BCUT2D eigenvalue weighted by Gasteiger charge is -2.18. The number of fused-ring (bicyclic) bond motifs is 1. The first-order chi connectivity index (χ1) is 10.3. The first kappa shape index (κ1) is 14.2. The minimum atomic E-state index is 0.316. The van der Waals surface area contributed by atoms with Crippen molar-refractivity contribution < 1.29 is 0 Å². The molecular formula is C18H20N2S. The van der Waals surface area contributed by atoms with Crippen molar-refractivity contribution >= 4 is 21.6 Å². The zero-order valence-corrected chi connectivity index (χ0v) is 13.3. The molecule has 0 radical (unpaired) electrons. The first-order valence-electron chi connectivity index (χ1n) is 7.38. The van der Waals surface area contributed by atoms with Crippen molar-refractivity contribution in [3.8, 4) is 0 Å².